The number of benzene rings is 2. The van der Waals surface area contributed by atoms with Gasteiger partial charge in [0, 0.05) is 49.9 Å². The molecule has 2 aliphatic rings. The van der Waals surface area contributed by atoms with Crippen molar-refractivity contribution in [3.8, 4) is 0 Å². The molecular formula is C24H30ClFN4O3S. The molecule has 0 spiro atoms. The van der Waals surface area contributed by atoms with Crippen molar-refractivity contribution >= 4 is 38.9 Å². The van der Waals surface area contributed by atoms with Gasteiger partial charge in [-0.3, -0.25) is 4.79 Å². The van der Waals surface area contributed by atoms with Crippen molar-refractivity contribution in [2.45, 2.75) is 30.6 Å². The van der Waals surface area contributed by atoms with Gasteiger partial charge in [-0.1, -0.05) is 24.1 Å². The lowest BCUT2D eigenvalue weighted by molar-refractivity contribution is -0.115. The van der Waals surface area contributed by atoms with Gasteiger partial charge in [-0.2, -0.15) is 4.31 Å². The molecule has 0 radical (unpaired) electrons. The summed E-state index contributed by atoms with van der Waals surface area (Å²) < 4.78 is 42.3. The molecule has 1 amide bonds. The topological polar surface area (TPSA) is 73.0 Å². The Morgan fingerprint density at radius 2 is 1.74 bits per heavy atom. The number of halogens is 2. The Kier molecular flexibility index (Phi) is 7.77. The second kappa shape index (κ2) is 10.6. The van der Waals surface area contributed by atoms with E-state index in [0.717, 1.165) is 51.1 Å². The molecule has 184 valence electrons. The lowest BCUT2D eigenvalue weighted by atomic mass is 10.1. The summed E-state index contributed by atoms with van der Waals surface area (Å²) in [6, 6.07) is 9.18. The van der Waals surface area contributed by atoms with E-state index in [9.17, 15) is 17.6 Å². The van der Waals surface area contributed by atoms with E-state index in [4.69, 9.17) is 11.6 Å². The number of anilines is 2. The Bertz CT molecular complexity index is 1130. The molecule has 7 nitrogen and oxygen atoms in total. The Morgan fingerprint density at radius 1 is 1.03 bits per heavy atom. The quantitative estimate of drug-likeness (QED) is 0.645. The number of nitrogens with one attached hydrogen (secondary N) is 1. The second-order valence-corrected chi connectivity index (χ2v) is 11.2. The first-order valence-electron chi connectivity index (χ1n) is 11.6. The molecule has 34 heavy (non-hydrogen) atoms. The summed E-state index contributed by atoms with van der Waals surface area (Å²) in [5.74, 6) is -1.02. The van der Waals surface area contributed by atoms with Crippen LogP contribution in [0.15, 0.2) is 41.3 Å². The fourth-order valence-corrected chi connectivity index (χ4v) is 6.18. The fraction of sp³-hybridized carbons (Fsp3) is 0.458. The van der Waals surface area contributed by atoms with E-state index in [1.165, 1.54) is 28.6 Å². The van der Waals surface area contributed by atoms with Gasteiger partial charge in [-0.15, -0.1) is 0 Å². The number of sulfonamides is 1. The van der Waals surface area contributed by atoms with Crippen molar-refractivity contribution < 1.29 is 17.6 Å². The fourth-order valence-electron chi connectivity index (χ4n) is 4.41. The molecule has 0 saturated carbocycles. The first-order valence-corrected chi connectivity index (χ1v) is 13.4. The number of piperazine rings is 1. The van der Waals surface area contributed by atoms with Crippen LogP contribution in [0.1, 0.15) is 24.8 Å². The molecule has 0 atom stereocenters. The van der Waals surface area contributed by atoms with Crippen molar-refractivity contribution in [1.82, 2.24) is 9.21 Å². The molecular weight excluding hydrogens is 479 g/mol. The molecule has 0 bridgehead atoms. The molecule has 2 fully saturated rings. The molecule has 2 aliphatic heterocycles. The molecule has 2 aromatic carbocycles. The third kappa shape index (κ3) is 5.54. The van der Waals surface area contributed by atoms with Crippen LogP contribution in [0.4, 0.5) is 15.8 Å². The normalized spacial score (nSPS) is 18.1. The molecule has 0 aliphatic carbocycles. The molecule has 4 rings (SSSR count). The van der Waals surface area contributed by atoms with Crippen molar-refractivity contribution in [2.24, 2.45) is 0 Å². The van der Waals surface area contributed by atoms with Crippen LogP contribution in [0, 0.1) is 5.82 Å². The molecule has 1 N–H and O–H groups in total. The van der Waals surface area contributed by atoms with E-state index in [-0.39, 0.29) is 21.9 Å². The van der Waals surface area contributed by atoms with Gasteiger partial charge < -0.3 is 15.1 Å². The van der Waals surface area contributed by atoms with Crippen LogP contribution in [-0.4, -0.2) is 69.8 Å². The zero-order valence-electron chi connectivity index (χ0n) is 19.3. The summed E-state index contributed by atoms with van der Waals surface area (Å²) in [6.45, 7) is 4.19. The number of nitrogens with zero attached hydrogens (tertiary/aromatic N) is 3. The van der Waals surface area contributed by atoms with Crippen LogP contribution in [0.2, 0.25) is 5.02 Å². The third-order valence-electron chi connectivity index (χ3n) is 6.44. The maximum atomic E-state index is 14.2. The monoisotopic (exact) mass is 508 g/mol. The number of carbonyl (C=O) groups is 1. The summed E-state index contributed by atoms with van der Waals surface area (Å²) in [6.07, 6.45) is 2.45. The maximum absolute atomic E-state index is 14.2. The van der Waals surface area contributed by atoms with Crippen LogP contribution in [-0.2, 0) is 21.2 Å². The second-order valence-electron chi connectivity index (χ2n) is 8.86. The minimum absolute atomic E-state index is 0.111. The zero-order chi connectivity index (χ0) is 24.3. The number of hydrogen-bond acceptors (Lipinski definition) is 5. The molecule has 0 aromatic heterocycles. The Balaban J connectivity index is 1.64. The number of carbonyl (C=O) groups excluding carboxylic acids is 1. The minimum atomic E-state index is -3.67. The van der Waals surface area contributed by atoms with Crippen LogP contribution in [0.25, 0.3) is 0 Å². The highest BCUT2D eigenvalue weighted by Gasteiger charge is 2.28. The molecule has 2 aromatic rings. The Hall–Kier alpha value is -2.20. The number of hydrogen-bond donors (Lipinski definition) is 1. The van der Waals surface area contributed by atoms with Crippen molar-refractivity contribution in [2.75, 3.05) is 56.5 Å². The molecule has 10 heteroatoms. The van der Waals surface area contributed by atoms with E-state index in [1.54, 1.807) is 12.1 Å². The van der Waals surface area contributed by atoms with Gasteiger partial charge in [-0.05, 0) is 50.2 Å². The lowest BCUT2D eigenvalue weighted by Crippen LogP contribution is -2.44. The standard InChI is InChI=1S/C24H30ClFN4O3S/c1-28-12-14-29(15-13-28)23-9-8-18(34(32,33)30-10-3-2-4-11-30)16-22(23)27-24(31)17-19-20(25)6-5-7-21(19)26/h5-9,16H,2-4,10-15,17H2,1H3,(H,27,31). The van der Waals surface area contributed by atoms with Gasteiger partial charge in [0.25, 0.3) is 0 Å². The van der Waals surface area contributed by atoms with E-state index >= 15 is 0 Å². The van der Waals surface area contributed by atoms with Gasteiger partial charge in [0.2, 0.25) is 15.9 Å². The van der Waals surface area contributed by atoms with Crippen molar-refractivity contribution in [3.05, 3.63) is 52.8 Å². The number of likely N-dealkylation sites (N-methyl/N-ethyl adjacent to an activating group) is 1. The number of rotatable bonds is 6. The highest BCUT2D eigenvalue weighted by molar-refractivity contribution is 7.89. The van der Waals surface area contributed by atoms with E-state index < -0.39 is 21.7 Å². The summed E-state index contributed by atoms with van der Waals surface area (Å²) >= 11 is 6.10. The highest BCUT2D eigenvalue weighted by atomic mass is 35.5. The lowest BCUT2D eigenvalue weighted by Gasteiger charge is -2.35. The average Bonchev–Trinajstić information content (AvgIpc) is 2.83. The summed E-state index contributed by atoms with van der Waals surface area (Å²) in [7, 11) is -1.63. The zero-order valence-corrected chi connectivity index (χ0v) is 20.8. The molecule has 2 saturated heterocycles. The van der Waals surface area contributed by atoms with Crippen LogP contribution < -0.4 is 10.2 Å². The molecule has 0 unspecified atom stereocenters. The van der Waals surface area contributed by atoms with Crippen LogP contribution >= 0.6 is 11.6 Å². The summed E-state index contributed by atoms with van der Waals surface area (Å²) in [5, 5.41) is 3.01. The van der Waals surface area contributed by atoms with Gasteiger partial charge >= 0.3 is 0 Å². The van der Waals surface area contributed by atoms with Crippen LogP contribution in [0.5, 0.6) is 0 Å². The molecule has 2 heterocycles. The maximum Gasteiger partial charge on any atom is 0.243 e. The average molecular weight is 509 g/mol. The first kappa shape index (κ1) is 24.9. The third-order valence-corrected chi connectivity index (χ3v) is 8.69. The van der Waals surface area contributed by atoms with Crippen molar-refractivity contribution in [1.29, 1.82) is 0 Å². The highest BCUT2D eigenvalue weighted by Crippen LogP contribution is 2.32. The van der Waals surface area contributed by atoms with Gasteiger partial charge in [0.15, 0.2) is 0 Å². The summed E-state index contributed by atoms with van der Waals surface area (Å²) in [5.41, 5.74) is 1.26. The smallest absolute Gasteiger partial charge is 0.243 e. The van der Waals surface area contributed by atoms with Gasteiger partial charge in [-0.25, -0.2) is 12.8 Å². The number of amides is 1. The van der Waals surface area contributed by atoms with Crippen molar-refractivity contribution in [3.63, 3.8) is 0 Å². The Labute approximate surface area is 205 Å². The van der Waals surface area contributed by atoms with Gasteiger partial charge in [0.1, 0.15) is 5.82 Å². The first-order chi connectivity index (χ1) is 16.3. The predicted octanol–water partition coefficient (Wildman–Crippen LogP) is 3.59. The van der Waals surface area contributed by atoms with Crippen LogP contribution in [0.3, 0.4) is 0 Å². The van der Waals surface area contributed by atoms with Gasteiger partial charge in [0.05, 0.1) is 22.7 Å². The number of piperidine rings is 1. The largest absolute Gasteiger partial charge is 0.367 e. The SMILES string of the molecule is CN1CCN(c2ccc(S(=O)(=O)N3CCCCC3)cc2NC(=O)Cc2c(F)cccc2Cl)CC1. The van der Waals surface area contributed by atoms with E-state index in [2.05, 4.69) is 15.1 Å². The minimum Gasteiger partial charge on any atom is -0.367 e. The Morgan fingerprint density at radius 3 is 2.41 bits per heavy atom. The van der Waals surface area contributed by atoms with E-state index in [1.807, 2.05) is 7.05 Å². The van der Waals surface area contributed by atoms with E-state index in [0.29, 0.717) is 18.8 Å². The summed E-state index contributed by atoms with van der Waals surface area (Å²) in [4.78, 5) is 17.4. The predicted molar refractivity (Wildman–Crippen MR) is 133 cm³/mol.